The molecule has 2 aromatic carbocycles. The highest BCUT2D eigenvalue weighted by molar-refractivity contribution is 5.97. The van der Waals surface area contributed by atoms with E-state index in [1.165, 1.54) is 0 Å². The third-order valence-corrected chi connectivity index (χ3v) is 3.56. The van der Waals surface area contributed by atoms with Crippen LogP contribution in [0.1, 0.15) is 47.1 Å². The summed E-state index contributed by atoms with van der Waals surface area (Å²) in [7, 11) is 0. The van der Waals surface area contributed by atoms with Gasteiger partial charge in [0.15, 0.2) is 5.78 Å². The number of ether oxygens (including phenoxy) is 1. The van der Waals surface area contributed by atoms with Crippen LogP contribution in [0.2, 0.25) is 0 Å². The van der Waals surface area contributed by atoms with Gasteiger partial charge in [0.1, 0.15) is 5.75 Å². The van der Waals surface area contributed by atoms with Gasteiger partial charge in [0.05, 0.1) is 12.1 Å². The van der Waals surface area contributed by atoms with Gasteiger partial charge in [-0.3, -0.25) is 4.79 Å². The van der Waals surface area contributed by atoms with Crippen LogP contribution in [-0.4, -0.2) is 18.3 Å². The first-order valence-corrected chi connectivity index (χ1v) is 7.47. The average Bonchev–Trinajstić information content (AvgIpc) is 2.54. The summed E-state index contributed by atoms with van der Waals surface area (Å²) < 4.78 is 5.31. The Balaban J connectivity index is 2.08. The summed E-state index contributed by atoms with van der Waals surface area (Å²) >= 11 is 0. The maximum Gasteiger partial charge on any atom is 0.343 e. The molecule has 0 saturated heterocycles. The molecule has 2 N–H and O–H groups in total. The van der Waals surface area contributed by atoms with Crippen LogP contribution in [0.5, 0.6) is 5.75 Å². The third kappa shape index (κ3) is 4.27. The number of hydrogen-bond acceptors (Lipinski definition) is 4. The Morgan fingerprint density at radius 2 is 1.43 bits per heavy atom. The number of carbonyl (C=O) groups excluding carboxylic acids is 2. The Kier molecular flexibility index (Phi) is 4.96. The quantitative estimate of drug-likeness (QED) is 0.534. The Morgan fingerprint density at radius 3 is 1.91 bits per heavy atom. The topological polar surface area (TPSA) is 69.4 Å². The number of esters is 1. The van der Waals surface area contributed by atoms with Crippen molar-refractivity contribution < 1.29 is 14.3 Å². The van der Waals surface area contributed by atoms with Crippen molar-refractivity contribution in [2.75, 3.05) is 6.54 Å². The van der Waals surface area contributed by atoms with Crippen molar-refractivity contribution in [1.29, 1.82) is 0 Å². The summed E-state index contributed by atoms with van der Waals surface area (Å²) in [5.41, 5.74) is 7.48. The molecule has 0 spiro atoms. The van der Waals surface area contributed by atoms with Crippen LogP contribution in [-0.2, 0) is 5.41 Å². The zero-order chi connectivity index (χ0) is 17.0. The highest BCUT2D eigenvalue weighted by atomic mass is 16.5. The third-order valence-electron chi connectivity index (χ3n) is 3.56. The number of rotatable bonds is 4. The first kappa shape index (κ1) is 16.9. The Hall–Kier alpha value is -2.46. The summed E-state index contributed by atoms with van der Waals surface area (Å²) in [4.78, 5) is 23.6. The fourth-order valence-electron chi connectivity index (χ4n) is 2.10. The van der Waals surface area contributed by atoms with Crippen LogP contribution in [0.15, 0.2) is 48.5 Å². The van der Waals surface area contributed by atoms with Crippen molar-refractivity contribution in [1.82, 2.24) is 0 Å². The average molecular weight is 311 g/mol. The largest absolute Gasteiger partial charge is 0.423 e. The molecule has 0 fully saturated rings. The molecule has 0 aliphatic rings. The first-order valence-electron chi connectivity index (χ1n) is 7.47. The number of benzene rings is 2. The number of carbonyl (C=O) groups is 2. The SMILES string of the molecule is CC(C)(C)c1ccc(C(=O)Oc2ccc(C(=O)CN)cc2)cc1. The zero-order valence-corrected chi connectivity index (χ0v) is 13.6. The molecule has 0 radical (unpaired) electrons. The minimum Gasteiger partial charge on any atom is -0.423 e. The van der Waals surface area contributed by atoms with E-state index in [4.69, 9.17) is 10.5 Å². The minimum atomic E-state index is -0.427. The first-order chi connectivity index (χ1) is 10.8. The van der Waals surface area contributed by atoms with Gasteiger partial charge in [0.25, 0.3) is 0 Å². The van der Waals surface area contributed by atoms with Gasteiger partial charge in [0.2, 0.25) is 0 Å². The molecule has 2 aromatic rings. The fourth-order valence-corrected chi connectivity index (χ4v) is 2.10. The van der Waals surface area contributed by atoms with E-state index in [-0.39, 0.29) is 17.7 Å². The van der Waals surface area contributed by atoms with Gasteiger partial charge in [-0.25, -0.2) is 4.79 Å². The Bertz CT molecular complexity index is 695. The molecule has 120 valence electrons. The number of Topliss-reactive ketones (excluding diaryl/α,β-unsaturated/α-hetero) is 1. The van der Waals surface area contributed by atoms with E-state index in [0.717, 1.165) is 5.56 Å². The second kappa shape index (κ2) is 6.75. The highest BCUT2D eigenvalue weighted by Crippen LogP contribution is 2.22. The standard InChI is InChI=1S/C19H21NO3/c1-19(2,3)15-8-4-14(5-9-15)18(22)23-16-10-6-13(7-11-16)17(21)12-20/h4-11H,12,20H2,1-3H3. The van der Waals surface area contributed by atoms with Crippen LogP contribution in [0.4, 0.5) is 0 Å². The molecule has 4 heteroatoms. The molecular weight excluding hydrogens is 290 g/mol. The molecule has 4 nitrogen and oxygen atoms in total. The summed E-state index contributed by atoms with van der Waals surface area (Å²) in [6.45, 7) is 6.30. The number of hydrogen-bond donors (Lipinski definition) is 1. The Labute approximate surface area is 136 Å². The van der Waals surface area contributed by atoms with Gasteiger partial charge >= 0.3 is 5.97 Å². The normalized spacial score (nSPS) is 11.1. The van der Waals surface area contributed by atoms with Crippen LogP contribution < -0.4 is 10.5 Å². The highest BCUT2D eigenvalue weighted by Gasteiger charge is 2.15. The minimum absolute atomic E-state index is 0.0355. The van der Waals surface area contributed by atoms with Crippen LogP contribution >= 0.6 is 0 Å². The second-order valence-electron chi connectivity index (χ2n) is 6.37. The van der Waals surface area contributed by atoms with E-state index in [1.807, 2.05) is 12.1 Å². The van der Waals surface area contributed by atoms with E-state index in [9.17, 15) is 9.59 Å². The molecule has 0 aliphatic heterocycles. The lowest BCUT2D eigenvalue weighted by Gasteiger charge is -2.18. The fraction of sp³-hybridized carbons (Fsp3) is 0.263. The van der Waals surface area contributed by atoms with Crippen LogP contribution in [0.3, 0.4) is 0 Å². The molecule has 0 saturated carbocycles. The van der Waals surface area contributed by atoms with Gasteiger partial charge in [0, 0.05) is 5.56 Å². The molecule has 0 bridgehead atoms. The molecule has 0 unspecified atom stereocenters. The van der Waals surface area contributed by atoms with E-state index in [2.05, 4.69) is 20.8 Å². The summed E-state index contributed by atoms with van der Waals surface area (Å²) in [6, 6.07) is 13.7. The van der Waals surface area contributed by atoms with E-state index < -0.39 is 5.97 Å². The lowest BCUT2D eigenvalue weighted by Crippen LogP contribution is -2.14. The number of ketones is 1. The summed E-state index contributed by atoms with van der Waals surface area (Å²) in [5, 5.41) is 0. The van der Waals surface area contributed by atoms with Crippen molar-refractivity contribution in [2.24, 2.45) is 5.73 Å². The molecule has 0 atom stereocenters. The number of nitrogens with two attached hydrogens (primary N) is 1. The second-order valence-corrected chi connectivity index (χ2v) is 6.37. The molecule has 23 heavy (non-hydrogen) atoms. The Morgan fingerprint density at radius 1 is 0.913 bits per heavy atom. The summed E-state index contributed by atoms with van der Waals surface area (Å²) in [5.74, 6) is -0.188. The van der Waals surface area contributed by atoms with Crippen molar-refractivity contribution in [3.8, 4) is 5.75 Å². The van der Waals surface area contributed by atoms with Crippen LogP contribution in [0.25, 0.3) is 0 Å². The molecule has 0 amide bonds. The predicted octanol–water partition coefficient (Wildman–Crippen LogP) is 3.34. The predicted molar refractivity (Wildman–Crippen MR) is 89.9 cm³/mol. The van der Waals surface area contributed by atoms with Gasteiger partial charge in [-0.15, -0.1) is 0 Å². The summed E-state index contributed by atoms with van der Waals surface area (Å²) in [6.07, 6.45) is 0. The van der Waals surface area contributed by atoms with E-state index in [1.54, 1.807) is 36.4 Å². The van der Waals surface area contributed by atoms with Gasteiger partial charge in [-0.05, 0) is 47.4 Å². The van der Waals surface area contributed by atoms with Crippen LogP contribution in [0, 0.1) is 0 Å². The van der Waals surface area contributed by atoms with Crippen molar-refractivity contribution in [2.45, 2.75) is 26.2 Å². The monoisotopic (exact) mass is 311 g/mol. The molecule has 0 aromatic heterocycles. The molecule has 0 aliphatic carbocycles. The van der Waals surface area contributed by atoms with E-state index >= 15 is 0 Å². The van der Waals surface area contributed by atoms with Crippen molar-refractivity contribution in [3.05, 3.63) is 65.2 Å². The van der Waals surface area contributed by atoms with Crippen molar-refractivity contribution >= 4 is 11.8 Å². The molecule has 2 rings (SSSR count). The lowest BCUT2D eigenvalue weighted by atomic mass is 9.87. The van der Waals surface area contributed by atoms with E-state index in [0.29, 0.717) is 16.9 Å². The maximum atomic E-state index is 12.1. The van der Waals surface area contributed by atoms with Crippen molar-refractivity contribution in [3.63, 3.8) is 0 Å². The smallest absolute Gasteiger partial charge is 0.343 e. The van der Waals surface area contributed by atoms with Gasteiger partial charge in [-0.2, -0.15) is 0 Å². The van der Waals surface area contributed by atoms with Gasteiger partial charge < -0.3 is 10.5 Å². The molecule has 0 heterocycles. The lowest BCUT2D eigenvalue weighted by molar-refractivity contribution is 0.0734. The maximum absolute atomic E-state index is 12.1. The zero-order valence-electron chi connectivity index (χ0n) is 13.6. The molecular formula is C19H21NO3. The van der Waals surface area contributed by atoms with Gasteiger partial charge in [-0.1, -0.05) is 32.9 Å².